The summed E-state index contributed by atoms with van der Waals surface area (Å²) in [6.07, 6.45) is -2.15. The van der Waals surface area contributed by atoms with Gasteiger partial charge in [-0.15, -0.1) is 0 Å². The van der Waals surface area contributed by atoms with E-state index in [1.165, 1.54) is 12.0 Å². The van der Waals surface area contributed by atoms with Gasteiger partial charge in [0.25, 0.3) is 0 Å². The number of halogens is 4. The van der Waals surface area contributed by atoms with Gasteiger partial charge in [-0.2, -0.15) is 18.2 Å². The first-order valence-electron chi connectivity index (χ1n) is 8.27. The second-order valence-corrected chi connectivity index (χ2v) is 7.64. The molecule has 0 unspecified atom stereocenters. The number of fused-ring (bicyclic) bond motifs is 1. The molecule has 1 aromatic heterocycles. The van der Waals surface area contributed by atoms with E-state index in [-0.39, 0.29) is 0 Å². The van der Waals surface area contributed by atoms with Gasteiger partial charge in [0, 0.05) is 22.9 Å². The number of hydrogen-bond donors (Lipinski definition) is 2. The third kappa shape index (κ3) is 4.86. The molecule has 3 N–H and O–H groups in total. The summed E-state index contributed by atoms with van der Waals surface area (Å²) >= 11 is 3.48. The Morgan fingerprint density at radius 3 is 2.56 bits per heavy atom. The fourth-order valence-corrected chi connectivity index (χ4v) is 3.88. The van der Waals surface area contributed by atoms with Gasteiger partial charge in [-0.05, 0) is 42.4 Å². The van der Waals surface area contributed by atoms with Crippen molar-refractivity contribution in [1.29, 1.82) is 0 Å². The van der Waals surface area contributed by atoms with Gasteiger partial charge in [0.15, 0.2) is 5.82 Å². The number of aromatic nitrogens is 2. The van der Waals surface area contributed by atoms with Crippen LogP contribution in [0.1, 0.15) is 36.0 Å². The summed E-state index contributed by atoms with van der Waals surface area (Å²) in [6.45, 7) is 0. The van der Waals surface area contributed by atoms with Crippen LogP contribution in [0, 0.1) is 11.8 Å². The highest BCUT2D eigenvalue weighted by Crippen LogP contribution is 2.58. The number of aliphatic carboxylic acids is 1. The zero-order chi connectivity index (χ0) is 19.8. The Morgan fingerprint density at radius 2 is 2.04 bits per heavy atom. The predicted molar refractivity (Wildman–Crippen MR) is 91.9 cm³/mol. The maximum absolute atomic E-state index is 10.6. The van der Waals surface area contributed by atoms with Crippen LogP contribution in [-0.2, 0) is 11.2 Å². The topological polar surface area (TPSA) is 102 Å². The van der Waals surface area contributed by atoms with Crippen molar-refractivity contribution in [3.63, 3.8) is 0 Å². The van der Waals surface area contributed by atoms with Crippen molar-refractivity contribution in [1.82, 2.24) is 10.1 Å². The Balaban J connectivity index is 0.000000260. The number of nitrogens with two attached hydrogens (primary N) is 1. The van der Waals surface area contributed by atoms with E-state index in [2.05, 4.69) is 38.2 Å². The molecule has 4 rings (SSSR count). The summed E-state index contributed by atoms with van der Waals surface area (Å²) in [7, 11) is 0. The van der Waals surface area contributed by atoms with Crippen molar-refractivity contribution in [2.45, 2.75) is 37.4 Å². The summed E-state index contributed by atoms with van der Waals surface area (Å²) in [5.74, 6) is 0.557. The Bertz CT molecular complexity index is 827. The van der Waals surface area contributed by atoms with E-state index in [9.17, 15) is 13.2 Å². The highest BCUT2D eigenvalue weighted by molar-refractivity contribution is 9.10. The lowest BCUT2D eigenvalue weighted by Gasteiger charge is -2.07. The van der Waals surface area contributed by atoms with Crippen LogP contribution >= 0.6 is 15.9 Å². The molecule has 0 amide bonds. The van der Waals surface area contributed by atoms with Gasteiger partial charge in [0.1, 0.15) is 0 Å². The summed E-state index contributed by atoms with van der Waals surface area (Å²) in [4.78, 5) is 13.5. The molecule has 1 aromatic carbocycles. The van der Waals surface area contributed by atoms with E-state index >= 15 is 0 Å². The first-order chi connectivity index (χ1) is 12.6. The molecule has 0 radical (unpaired) electrons. The van der Waals surface area contributed by atoms with E-state index in [1.54, 1.807) is 0 Å². The van der Waals surface area contributed by atoms with E-state index in [0.717, 1.165) is 22.6 Å². The van der Waals surface area contributed by atoms with E-state index < -0.39 is 12.1 Å². The fourth-order valence-electron chi connectivity index (χ4n) is 3.44. The number of rotatable bonds is 3. The zero-order valence-corrected chi connectivity index (χ0v) is 15.6. The average molecular weight is 448 g/mol. The van der Waals surface area contributed by atoms with E-state index in [1.807, 2.05) is 12.1 Å². The maximum Gasteiger partial charge on any atom is 0.490 e. The van der Waals surface area contributed by atoms with Crippen molar-refractivity contribution in [2.24, 2.45) is 17.6 Å². The van der Waals surface area contributed by atoms with Gasteiger partial charge in [-0.1, -0.05) is 33.2 Å². The molecular weight excluding hydrogens is 431 g/mol. The number of hydrogen-bond acceptors (Lipinski definition) is 5. The standard InChI is InChI=1S/C15H16BrN3O.C2HF3O2/c16-9-3-1-2-8(4-9)5-14-18-15(20-19-14)12-7-13(17)11-6-10(11)12;3-2(4,5)1(6)7/h1-4,10-13H,5-7,17H2;(H,6,7)/t10-,11+,12-,13+;/m0./s1. The molecule has 2 aliphatic carbocycles. The van der Waals surface area contributed by atoms with Crippen molar-refractivity contribution in [3.05, 3.63) is 46.0 Å². The molecule has 2 fully saturated rings. The van der Waals surface area contributed by atoms with Crippen LogP contribution in [0.2, 0.25) is 0 Å². The monoisotopic (exact) mass is 447 g/mol. The van der Waals surface area contributed by atoms with Crippen LogP contribution < -0.4 is 5.73 Å². The number of carbonyl (C=O) groups is 1. The minimum atomic E-state index is -5.08. The van der Waals surface area contributed by atoms with Gasteiger partial charge >= 0.3 is 12.1 Å². The minimum absolute atomic E-state index is 0.324. The Kier molecular flexibility index (Phi) is 5.57. The molecule has 0 saturated heterocycles. The summed E-state index contributed by atoms with van der Waals surface area (Å²) < 4.78 is 38.3. The number of alkyl halides is 3. The summed E-state index contributed by atoms with van der Waals surface area (Å²) in [6, 6.07) is 8.51. The molecular formula is C17H17BrF3N3O3. The smallest absolute Gasteiger partial charge is 0.475 e. The molecule has 2 aliphatic rings. The first-order valence-corrected chi connectivity index (χ1v) is 9.07. The van der Waals surface area contributed by atoms with Crippen LogP contribution in [0.15, 0.2) is 33.3 Å². The second-order valence-electron chi connectivity index (χ2n) is 6.73. The molecule has 6 nitrogen and oxygen atoms in total. The molecule has 1 heterocycles. The minimum Gasteiger partial charge on any atom is -0.475 e. The average Bonchev–Trinajstić information content (AvgIpc) is 3.13. The molecule has 2 aromatic rings. The Hall–Kier alpha value is -1.94. The third-order valence-electron chi connectivity index (χ3n) is 4.78. The molecule has 2 saturated carbocycles. The Morgan fingerprint density at radius 1 is 1.33 bits per heavy atom. The van der Waals surface area contributed by atoms with Crippen LogP contribution in [0.5, 0.6) is 0 Å². The summed E-state index contributed by atoms with van der Waals surface area (Å²) in [5, 5.41) is 11.2. The molecule has 0 aliphatic heterocycles. The van der Waals surface area contributed by atoms with Gasteiger partial charge in [0.05, 0.1) is 0 Å². The van der Waals surface area contributed by atoms with Gasteiger partial charge in [-0.25, -0.2) is 4.79 Å². The lowest BCUT2D eigenvalue weighted by Crippen LogP contribution is -2.21. The molecule has 4 atom stereocenters. The van der Waals surface area contributed by atoms with Gasteiger partial charge in [0.2, 0.25) is 5.89 Å². The molecule has 146 valence electrons. The third-order valence-corrected chi connectivity index (χ3v) is 5.27. The largest absolute Gasteiger partial charge is 0.490 e. The van der Waals surface area contributed by atoms with Gasteiger partial charge < -0.3 is 15.4 Å². The summed E-state index contributed by atoms with van der Waals surface area (Å²) in [5.41, 5.74) is 7.28. The number of carboxylic acid groups (broad SMARTS) is 1. The van der Waals surface area contributed by atoms with Crippen LogP contribution in [0.3, 0.4) is 0 Å². The predicted octanol–water partition coefficient (Wildman–Crippen LogP) is 3.51. The van der Waals surface area contributed by atoms with Crippen molar-refractivity contribution in [2.75, 3.05) is 0 Å². The second kappa shape index (κ2) is 7.59. The molecule has 0 spiro atoms. The molecule has 10 heteroatoms. The van der Waals surface area contributed by atoms with Crippen LogP contribution in [0.4, 0.5) is 13.2 Å². The van der Waals surface area contributed by atoms with Gasteiger partial charge in [-0.3, -0.25) is 0 Å². The number of carboxylic acids is 1. The van der Waals surface area contributed by atoms with Crippen molar-refractivity contribution in [3.8, 4) is 0 Å². The lowest BCUT2D eigenvalue weighted by molar-refractivity contribution is -0.192. The van der Waals surface area contributed by atoms with Crippen LogP contribution in [0.25, 0.3) is 0 Å². The van der Waals surface area contributed by atoms with Crippen LogP contribution in [-0.4, -0.2) is 33.4 Å². The maximum atomic E-state index is 10.6. The molecule has 0 bridgehead atoms. The van der Waals surface area contributed by atoms with E-state index in [4.69, 9.17) is 20.2 Å². The number of benzene rings is 1. The highest BCUT2D eigenvalue weighted by Gasteiger charge is 2.55. The number of nitrogens with zero attached hydrogens (tertiary/aromatic N) is 2. The fraction of sp³-hybridized carbons (Fsp3) is 0.471. The SMILES string of the molecule is N[C@@H]1C[C@H](c2nc(Cc3cccc(Br)c3)no2)[C@H]2C[C@H]21.O=C(O)C(F)(F)F. The quantitative estimate of drug-likeness (QED) is 0.746. The first kappa shape index (κ1) is 19.8. The normalized spacial score (nSPS) is 26.1. The zero-order valence-electron chi connectivity index (χ0n) is 14.0. The lowest BCUT2D eigenvalue weighted by atomic mass is 10.0. The van der Waals surface area contributed by atoms with Crippen molar-refractivity contribution >= 4 is 21.9 Å². The molecule has 27 heavy (non-hydrogen) atoms. The Labute approximate surface area is 161 Å². The highest BCUT2D eigenvalue weighted by atomic mass is 79.9. The van der Waals surface area contributed by atoms with E-state index in [0.29, 0.717) is 30.2 Å². The van der Waals surface area contributed by atoms with Crippen molar-refractivity contribution < 1.29 is 27.6 Å².